The SMILES string of the molecule is COc1ccccc1S(=O)(=O)NCCn1nc(C2CC2)cc1C1CC1. The van der Waals surface area contributed by atoms with Gasteiger partial charge in [-0.1, -0.05) is 12.1 Å². The summed E-state index contributed by atoms with van der Waals surface area (Å²) in [5.74, 6) is 1.57. The normalized spacial score (nSPS) is 17.6. The van der Waals surface area contributed by atoms with Crippen LogP contribution in [-0.4, -0.2) is 31.9 Å². The van der Waals surface area contributed by atoms with Gasteiger partial charge in [0, 0.05) is 24.1 Å². The van der Waals surface area contributed by atoms with Crippen LogP contribution in [0.3, 0.4) is 0 Å². The Morgan fingerprint density at radius 1 is 1.20 bits per heavy atom. The number of aromatic nitrogens is 2. The zero-order valence-corrected chi connectivity index (χ0v) is 15.1. The molecule has 7 heteroatoms. The van der Waals surface area contributed by atoms with E-state index in [0.29, 0.717) is 30.7 Å². The monoisotopic (exact) mass is 361 g/mol. The van der Waals surface area contributed by atoms with E-state index in [9.17, 15) is 8.42 Å². The summed E-state index contributed by atoms with van der Waals surface area (Å²) in [5.41, 5.74) is 2.44. The minimum atomic E-state index is -3.60. The fraction of sp³-hybridized carbons (Fsp3) is 0.500. The summed E-state index contributed by atoms with van der Waals surface area (Å²) in [6.07, 6.45) is 4.87. The van der Waals surface area contributed by atoms with E-state index in [4.69, 9.17) is 9.84 Å². The van der Waals surface area contributed by atoms with E-state index in [1.165, 1.54) is 44.2 Å². The highest BCUT2D eigenvalue weighted by molar-refractivity contribution is 7.89. The molecule has 1 aromatic heterocycles. The fourth-order valence-electron chi connectivity index (χ4n) is 3.12. The summed E-state index contributed by atoms with van der Waals surface area (Å²) in [5, 5.41) is 4.72. The molecule has 25 heavy (non-hydrogen) atoms. The molecule has 0 saturated heterocycles. The first-order chi connectivity index (χ1) is 12.1. The minimum Gasteiger partial charge on any atom is -0.495 e. The van der Waals surface area contributed by atoms with Gasteiger partial charge < -0.3 is 4.74 Å². The molecule has 2 aliphatic rings. The van der Waals surface area contributed by atoms with E-state index in [1.54, 1.807) is 24.3 Å². The maximum Gasteiger partial charge on any atom is 0.244 e. The molecule has 1 heterocycles. The molecule has 2 aliphatic carbocycles. The summed E-state index contributed by atoms with van der Waals surface area (Å²) < 4.78 is 34.9. The fourth-order valence-corrected chi connectivity index (χ4v) is 4.31. The van der Waals surface area contributed by atoms with Crippen molar-refractivity contribution in [2.75, 3.05) is 13.7 Å². The smallest absolute Gasteiger partial charge is 0.244 e. The zero-order valence-electron chi connectivity index (χ0n) is 14.3. The predicted molar refractivity (Wildman–Crippen MR) is 94.4 cm³/mol. The number of rotatable bonds is 8. The molecule has 0 unspecified atom stereocenters. The molecule has 0 radical (unpaired) electrons. The third-order valence-electron chi connectivity index (χ3n) is 4.80. The zero-order chi connectivity index (χ0) is 17.4. The number of benzene rings is 1. The van der Waals surface area contributed by atoms with Crippen molar-refractivity contribution in [2.24, 2.45) is 0 Å². The van der Waals surface area contributed by atoms with Crippen LogP contribution in [0.15, 0.2) is 35.2 Å². The number of methoxy groups -OCH3 is 1. The first kappa shape index (κ1) is 16.6. The lowest BCUT2D eigenvalue weighted by molar-refractivity contribution is 0.402. The van der Waals surface area contributed by atoms with Gasteiger partial charge in [-0.05, 0) is 43.9 Å². The minimum absolute atomic E-state index is 0.166. The number of nitrogens with zero attached hydrogens (tertiary/aromatic N) is 2. The molecular formula is C18H23N3O3S. The molecular weight excluding hydrogens is 338 g/mol. The third kappa shape index (κ3) is 3.57. The lowest BCUT2D eigenvalue weighted by atomic mass is 10.2. The second kappa shape index (κ2) is 6.46. The van der Waals surface area contributed by atoms with Gasteiger partial charge in [-0.15, -0.1) is 0 Å². The van der Waals surface area contributed by atoms with Crippen LogP contribution >= 0.6 is 0 Å². The highest BCUT2D eigenvalue weighted by Gasteiger charge is 2.32. The van der Waals surface area contributed by atoms with Gasteiger partial charge in [-0.25, -0.2) is 13.1 Å². The Morgan fingerprint density at radius 3 is 2.60 bits per heavy atom. The highest BCUT2D eigenvalue weighted by atomic mass is 32.2. The molecule has 1 N–H and O–H groups in total. The summed E-state index contributed by atoms with van der Waals surface area (Å²) in [7, 11) is -2.13. The number of para-hydroxylation sites is 1. The quantitative estimate of drug-likeness (QED) is 0.784. The van der Waals surface area contributed by atoms with E-state index in [2.05, 4.69) is 10.8 Å². The Kier molecular flexibility index (Phi) is 4.29. The van der Waals surface area contributed by atoms with Crippen LogP contribution in [0, 0.1) is 0 Å². The summed E-state index contributed by atoms with van der Waals surface area (Å²) in [4.78, 5) is 0.166. The van der Waals surface area contributed by atoms with Crippen LogP contribution in [0.1, 0.15) is 48.9 Å². The molecule has 4 rings (SSSR count). The Morgan fingerprint density at radius 2 is 1.92 bits per heavy atom. The number of hydrogen-bond acceptors (Lipinski definition) is 4. The third-order valence-corrected chi connectivity index (χ3v) is 6.30. The van der Waals surface area contributed by atoms with Crippen LogP contribution < -0.4 is 9.46 Å². The van der Waals surface area contributed by atoms with E-state index in [1.807, 2.05) is 4.68 Å². The van der Waals surface area contributed by atoms with Gasteiger partial charge in [-0.3, -0.25) is 4.68 Å². The van der Waals surface area contributed by atoms with Crippen molar-refractivity contribution < 1.29 is 13.2 Å². The molecule has 1 aromatic carbocycles. The first-order valence-corrected chi connectivity index (χ1v) is 10.3. The van der Waals surface area contributed by atoms with E-state index >= 15 is 0 Å². The Bertz CT molecular complexity index is 867. The highest BCUT2D eigenvalue weighted by Crippen LogP contribution is 2.44. The number of ether oxygens (including phenoxy) is 1. The van der Waals surface area contributed by atoms with Gasteiger partial charge in [0.15, 0.2) is 0 Å². The summed E-state index contributed by atoms with van der Waals surface area (Å²) >= 11 is 0. The topological polar surface area (TPSA) is 73.2 Å². The summed E-state index contributed by atoms with van der Waals surface area (Å²) in [6.45, 7) is 0.860. The molecule has 2 fully saturated rings. The Hall–Kier alpha value is -1.86. The molecule has 2 aromatic rings. The average molecular weight is 361 g/mol. The van der Waals surface area contributed by atoms with Gasteiger partial charge in [0.1, 0.15) is 10.6 Å². The lowest BCUT2D eigenvalue weighted by Crippen LogP contribution is -2.28. The van der Waals surface area contributed by atoms with Gasteiger partial charge in [-0.2, -0.15) is 5.10 Å². The van der Waals surface area contributed by atoms with Gasteiger partial charge in [0.2, 0.25) is 10.0 Å². The van der Waals surface area contributed by atoms with Gasteiger partial charge in [0.25, 0.3) is 0 Å². The molecule has 6 nitrogen and oxygen atoms in total. The van der Waals surface area contributed by atoms with Crippen molar-refractivity contribution >= 4 is 10.0 Å². The molecule has 2 saturated carbocycles. The van der Waals surface area contributed by atoms with Crippen LogP contribution in [-0.2, 0) is 16.6 Å². The second-order valence-electron chi connectivity index (χ2n) is 6.81. The Balaban J connectivity index is 1.45. The Labute approximate surface area is 148 Å². The predicted octanol–water partition coefficient (Wildman–Crippen LogP) is 2.63. The molecule has 0 aliphatic heterocycles. The maximum atomic E-state index is 12.5. The molecule has 0 spiro atoms. The lowest BCUT2D eigenvalue weighted by Gasteiger charge is -2.11. The van der Waals surface area contributed by atoms with Gasteiger partial charge >= 0.3 is 0 Å². The maximum absolute atomic E-state index is 12.5. The largest absolute Gasteiger partial charge is 0.495 e. The van der Waals surface area contributed by atoms with Crippen molar-refractivity contribution in [2.45, 2.75) is 49.0 Å². The molecule has 0 atom stereocenters. The van der Waals surface area contributed by atoms with Crippen LogP contribution in [0.2, 0.25) is 0 Å². The molecule has 0 amide bonds. The standard InChI is InChI=1S/C18H23N3O3S/c1-24-17-4-2-3-5-18(17)25(22,23)19-10-11-21-16(14-8-9-14)12-15(20-21)13-6-7-13/h2-5,12-14,19H,6-11H2,1H3. The first-order valence-electron chi connectivity index (χ1n) is 8.79. The van der Waals surface area contributed by atoms with Crippen LogP contribution in [0.5, 0.6) is 5.75 Å². The van der Waals surface area contributed by atoms with Crippen molar-refractivity contribution in [3.05, 3.63) is 41.7 Å². The summed E-state index contributed by atoms with van der Waals surface area (Å²) in [6, 6.07) is 8.87. The van der Waals surface area contributed by atoms with Crippen molar-refractivity contribution in [3.63, 3.8) is 0 Å². The molecule has 0 bridgehead atoms. The second-order valence-corrected chi connectivity index (χ2v) is 8.55. The van der Waals surface area contributed by atoms with Gasteiger partial charge in [0.05, 0.1) is 19.3 Å². The van der Waals surface area contributed by atoms with E-state index < -0.39 is 10.0 Å². The van der Waals surface area contributed by atoms with Crippen LogP contribution in [0.25, 0.3) is 0 Å². The van der Waals surface area contributed by atoms with Crippen molar-refractivity contribution in [1.82, 2.24) is 14.5 Å². The van der Waals surface area contributed by atoms with Crippen molar-refractivity contribution in [1.29, 1.82) is 0 Å². The van der Waals surface area contributed by atoms with Crippen LogP contribution in [0.4, 0.5) is 0 Å². The molecule has 134 valence electrons. The average Bonchev–Trinajstić information content (AvgIpc) is 3.53. The number of nitrogens with one attached hydrogen (secondary N) is 1. The van der Waals surface area contributed by atoms with Crippen molar-refractivity contribution in [3.8, 4) is 5.75 Å². The van der Waals surface area contributed by atoms with E-state index in [-0.39, 0.29) is 4.90 Å². The number of sulfonamides is 1. The van der Waals surface area contributed by atoms with E-state index in [0.717, 1.165) is 0 Å². The number of hydrogen-bond donors (Lipinski definition) is 1.